The van der Waals surface area contributed by atoms with Gasteiger partial charge in [-0.25, -0.2) is 13.8 Å². The fraction of sp³-hybridized carbons (Fsp3) is 0.429. The number of hydroxylamine groups is 2. The van der Waals surface area contributed by atoms with Gasteiger partial charge in [-0.15, -0.1) is 0 Å². The van der Waals surface area contributed by atoms with E-state index in [0.717, 1.165) is 12.1 Å². The number of rotatable bonds is 6. The molecule has 1 aliphatic rings. The first-order valence-corrected chi connectivity index (χ1v) is 7.00. The first-order valence-electron chi connectivity index (χ1n) is 7.00. The average Bonchev–Trinajstić information content (AvgIpc) is 2.44. The average molecular weight is 327 g/mol. The predicted octanol–water partition coefficient (Wildman–Crippen LogP) is 1.35. The van der Waals surface area contributed by atoms with Gasteiger partial charge in [0.25, 0.3) is 0 Å². The number of halogens is 2. The quantitative estimate of drug-likeness (QED) is 0.769. The first kappa shape index (κ1) is 16.9. The van der Waals surface area contributed by atoms with E-state index in [4.69, 9.17) is 21.0 Å². The summed E-state index contributed by atoms with van der Waals surface area (Å²) in [6.07, 6.45) is 0.498. The molecule has 1 aromatic carbocycles. The standard InChI is InChI=1S/C14H19F2N5O2/c1-14(2)20-12(17)19-13(18)21(14)23-7-3-6-22-9-4-5-10(15)11(16)8-9/h4-5,8H,3,6-7H2,1-2H3,(H4,17,18,19,20). The molecular formula is C14H19F2N5O2. The number of hydrogen-bond acceptors (Lipinski definition) is 7. The molecule has 9 heteroatoms. The van der Waals surface area contributed by atoms with Crippen molar-refractivity contribution in [3.8, 4) is 5.75 Å². The topological polar surface area (TPSA) is 98.5 Å². The van der Waals surface area contributed by atoms with Crippen molar-refractivity contribution in [2.24, 2.45) is 21.5 Å². The number of nitrogens with two attached hydrogens (primary N) is 2. The summed E-state index contributed by atoms with van der Waals surface area (Å²) in [6, 6.07) is 3.36. The van der Waals surface area contributed by atoms with Gasteiger partial charge in [0.2, 0.25) is 11.9 Å². The number of nitrogens with zero attached hydrogens (tertiary/aromatic N) is 3. The SMILES string of the molecule is CC1(C)N=C(N)N=C(N)N1OCCCOc1ccc(F)c(F)c1. The minimum Gasteiger partial charge on any atom is -0.493 e. The van der Waals surface area contributed by atoms with Crippen molar-refractivity contribution in [2.45, 2.75) is 25.9 Å². The van der Waals surface area contributed by atoms with Crippen LogP contribution in [0.2, 0.25) is 0 Å². The van der Waals surface area contributed by atoms with E-state index in [1.54, 1.807) is 13.8 Å². The lowest BCUT2D eigenvalue weighted by Crippen LogP contribution is -2.53. The fourth-order valence-electron chi connectivity index (χ4n) is 1.99. The van der Waals surface area contributed by atoms with Gasteiger partial charge < -0.3 is 16.2 Å². The van der Waals surface area contributed by atoms with Crippen LogP contribution in [0.4, 0.5) is 8.78 Å². The Morgan fingerprint density at radius 3 is 2.57 bits per heavy atom. The molecule has 0 fully saturated rings. The molecule has 1 heterocycles. The zero-order valence-electron chi connectivity index (χ0n) is 12.9. The van der Waals surface area contributed by atoms with E-state index < -0.39 is 17.3 Å². The second-order valence-corrected chi connectivity index (χ2v) is 5.34. The smallest absolute Gasteiger partial charge is 0.226 e. The highest BCUT2D eigenvalue weighted by Crippen LogP contribution is 2.20. The molecule has 23 heavy (non-hydrogen) atoms. The summed E-state index contributed by atoms with van der Waals surface area (Å²) in [5.41, 5.74) is 10.5. The highest BCUT2D eigenvalue weighted by molar-refractivity contribution is 5.95. The molecule has 2 rings (SSSR count). The van der Waals surface area contributed by atoms with Crippen molar-refractivity contribution in [1.82, 2.24) is 5.06 Å². The highest BCUT2D eigenvalue weighted by Gasteiger charge is 2.32. The van der Waals surface area contributed by atoms with Crippen molar-refractivity contribution in [2.75, 3.05) is 13.2 Å². The summed E-state index contributed by atoms with van der Waals surface area (Å²) in [6.45, 7) is 4.10. The van der Waals surface area contributed by atoms with Crippen LogP contribution in [0, 0.1) is 11.6 Å². The van der Waals surface area contributed by atoms with E-state index in [9.17, 15) is 8.78 Å². The Labute approximate surface area is 132 Å². The number of hydrogen-bond donors (Lipinski definition) is 2. The van der Waals surface area contributed by atoms with Gasteiger partial charge in [-0.05, 0) is 26.0 Å². The van der Waals surface area contributed by atoms with Gasteiger partial charge in [0.1, 0.15) is 5.75 Å². The van der Waals surface area contributed by atoms with Crippen molar-refractivity contribution in [1.29, 1.82) is 0 Å². The third-order valence-electron chi connectivity index (χ3n) is 2.99. The lowest BCUT2D eigenvalue weighted by Gasteiger charge is -2.36. The molecule has 0 aliphatic carbocycles. The van der Waals surface area contributed by atoms with Crippen LogP contribution in [0.5, 0.6) is 5.75 Å². The largest absolute Gasteiger partial charge is 0.493 e. The Balaban J connectivity index is 1.77. The predicted molar refractivity (Wildman–Crippen MR) is 81.6 cm³/mol. The van der Waals surface area contributed by atoms with Crippen LogP contribution in [-0.4, -0.2) is 35.9 Å². The number of guanidine groups is 2. The lowest BCUT2D eigenvalue weighted by molar-refractivity contribution is -0.158. The van der Waals surface area contributed by atoms with Crippen LogP contribution in [-0.2, 0) is 4.84 Å². The minimum atomic E-state index is -0.951. The maximum absolute atomic E-state index is 13.0. The summed E-state index contributed by atoms with van der Waals surface area (Å²) in [4.78, 5) is 13.5. The number of aliphatic imine (C=N–C) groups is 2. The van der Waals surface area contributed by atoms with Crippen molar-refractivity contribution < 1.29 is 18.4 Å². The number of ether oxygens (including phenoxy) is 1. The molecule has 0 amide bonds. The summed E-state index contributed by atoms with van der Waals surface area (Å²) in [5, 5.41) is 1.36. The Bertz CT molecular complexity index is 634. The van der Waals surface area contributed by atoms with E-state index in [1.165, 1.54) is 11.1 Å². The van der Waals surface area contributed by atoms with Crippen molar-refractivity contribution >= 4 is 11.9 Å². The minimum absolute atomic E-state index is 0.0917. The second kappa shape index (κ2) is 6.78. The summed E-state index contributed by atoms with van der Waals surface area (Å²) >= 11 is 0. The summed E-state index contributed by atoms with van der Waals surface area (Å²) in [5.74, 6) is -1.41. The molecule has 0 saturated carbocycles. The zero-order chi connectivity index (χ0) is 17.0. The Hall–Kier alpha value is -2.42. The maximum atomic E-state index is 13.0. The Kier molecular flexibility index (Phi) is 4.99. The lowest BCUT2D eigenvalue weighted by atomic mass is 10.2. The molecule has 0 bridgehead atoms. The monoisotopic (exact) mass is 327 g/mol. The molecule has 1 aromatic rings. The third-order valence-corrected chi connectivity index (χ3v) is 2.99. The van der Waals surface area contributed by atoms with Gasteiger partial charge in [-0.1, -0.05) is 0 Å². The molecule has 0 saturated heterocycles. The normalized spacial score (nSPS) is 16.8. The Morgan fingerprint density at radius 1 is 1.17 bits per heavy atom. The third kappa shape index (κ3) is 4.28. The van der Waals surface area contributed by atoms with Crippen LogP contribution in [0.3, 0.4) is 0 Å². The molecule has 0 unspecified atom stereocenters. The molecule has 126 valence electrons. The van der Waals surface area contributed by atoms with Gasteiger partial charge >= 0.3 is 0 Å². The molecule has 1 aliphatic heterocycles. The molecule has 0 aromatic heterocycles. The highest BCUT2D eigenvalue weighted by atomic mass is 19.2. The van der Waals surface area contributed by atoms with Gasteiger partial charge in [-0.3, -0.25) is 4.84 Å². The fourth-order valence-corrected chi connectivity index (χ4v) is 1.99. The summed E-state index contributed by atoms with van der Waals surface area (Å²) < 4.78 is 31.1. The van der Waals surface area contributed by atoms with Gasteiger partial charge in [0.15, 0.2) is 17.3 Å². The zero-order valence-corrected chi connectivity index (χ0v) is 12.9. The van der Waals surface area contributed by atoms with Gasteiger partial charge in [-0.2, -0.15) is 10.1 Å². The van der Waals surface area contributed by atoms with E-state index in [1.807, 2.05) is 0 Å². The number of benzene rings is 1. The van der Waals surface area contributed by atoms with Crippen molar-refractivity contribution in [3.05, 3.63) is 29.8 Å². The molecule has 0 radical (unpaired) electrons. The van der Waals surface area contributed by atoms with Crippen LogP contribution < -0.4 is 16.2 Å². The van der Waals surface area contributed by atoms with E-state index in [-0.39, 0.29) is 30.9 Å². The Morgan fingerprint density at radius 2 is 1.91 bits per heavy atom. The van der Waals surface area contributed by atoms with Crippen LogP contribution in [0.1, 0.15) is 20.3 Å². The first-order chi connectivity index (χ1) is 10.8. The molecule has 4 N–H and O–H groups in total. The molecule has 0 atom stereocenters. The van der Waals surface area contributed by atoms with Crippen molar-refractivity contribution in [3.63, 3.8) is 0 Å². The molecular weight excluding hydrogens is 308 g/mol. The van der Waals surface area contributed by atoms with Crippen LogP contribution in [0.15, 0.2) is 28.2 Å². The molecule has 0 spiro atoms. The van der Waals surface area contributed by atoms with E-state index >= 15 is 0 Å². The second-order valence-electron chi connectivity index (χ2n) is 5.34. The van der Waals surface area contributed by atoms with Gasteiger partial charge in [0.05, 0.1) is 13.2 Å². The van der Waals surface area contributed by atoms with Gasteiger partial charge in [0, 0.05) is 12.5 Å². The maximum Gasteiger partial charge on any atom is 0.226 e. The van der Waals surface area contributed by atoms with E-state index in [0.29, 0.717) is 6.42 Å². The van der Waals surface area contributed by atoms with Crippen LogP contribution in [0.25, 0.3) is 0 Å². The summed E-state index contributed by atoms with van der Waals surface area (Å²) in [7, 11) is 0. The van der Waals surface area contributed by atoms with Crippen LogP contribution >= 0.6 is 0 Å². The molecule has 7 nitrogen and oxygen atoms in total. The van der Waals surface area contributed by atoms with E-state index in [2.05, 4.69) is 9.98 Å².